The van der Waals surface area contributed by atoms with E-state index < -0.39 is 0 Å². The normalized spacial score (nSPS) is 30.1. The largest absolute Gasteiger partial charge is 0.380 e. The summed E-state index contributed by atoms with van der Waals surface area (Å²) in [5.41, 5.74) is 2.05. The number of benzene rings is 1. The molecule has 2 saturated carbocycles. The van der Waals surface area contributed by atoms with Crippen LogP contribution in [-0.4, -0.2) is 69.6 Å². The molecule has 8 nitrogen and oxygen atoms in total. The zero-order valence-corrected chi connectivity index (χ0v) is 19.5. The fourth-order valence-electron chi connectivity index (χ4n) is 6.45. The summed E-state index contributed by atoms with van der Waals surface area (Å²) in [5, 5.41) is 15.7. The molecule has 0 radical (unpaired) electrons. The Morgan fingerprint density at radius 2 is 2.03 bits per heavy atom. The number of hydrogen-bond acceptors (Lipinski definition) is 7. The van der Waals surface area contributed by atoms with Crippen LogP contribution < -0.4 is 4.90 Å². The van der Waals surface area contributed by atoms with Gasteiger partial charge in [-0.3, -0.25) is 4.90 Å². The highest BCUT2D eigenvalue weighted by Crippen LogP contribution is 2.78. The lowest BCUT2D eigenvalue weighted by Gasteiger charge is -2.43. The van der Waals surface area contributed by atoms with Gasteiger partial charge in [0, 0.05) is 49.8 Å². The van der Waals surface area contributed by atoms with Crippen LogP contribution in [0.4, 0.5) is 5.82 Å². The van der Waals surface area contributed by atoms with Crippen molar-refractivity contribution in [2.75, 3.05) is 37.7 Å². The van der Waals surface area contributed by atoms with Gasteiger partial charge in [-0.15, -0.1) is 0 Å². The van der Waals surface area contributed by atoms with Crippen LogP contribution >= 0.6 is 0 Å². The molecule has 0 unspecified atom stereocenters. The lowest BCUT2D eigenvalue weighted by molar-refractivity contribution is 0.105. The first-order chi connectivity index (χ1) is 16.6. The van der Waals surface area contributed by atoms with Crippen molar-refractivity contribution in [3.05, 3.63) is 42.4 Å². The lowest BCUT2D eigenvalue weighted by atomic mass is 9.93. The highest BCUT2D eigenvalue weighted by Gasteiger charge is 2.75. The molecule has 7 rings (SSSR count). The molecule has 174 valence electrons. The number of anilines is 1. The van der Waals surface area contributed by atoms with Crippen molar-refractivity contribution in [2.45, 2.75) is 50.1 Å². The third-order valence-corrected chi connectivity index (χ3v) is 8.72. The lowest BCUT2D eigenvalue weighted by Crippen LogP contribution is -2.55. The number of hydrogen-bond donors (Lipinski definition) is 0. The Morgan fingerprint density at radius 3 is 2.76 bits per heavy atom. The van der Waals surface area contributed by atoms with Crippen molar-refractivity contribution < 1.29 is 4.74 Å². The van der Waals surface area contributed by atoms with Gasteiger partial charge in [-0.25, -0.2) is 14.6 Å². The third-order valence-electron chi connectivity index (χ3n) is 8.72. The van der Waals surface area contributed by atoms with Gasteiger partial charge in [0.1, 0.15) is 12.1 Å². The summed E-state index contributed by atoms with van der Waals surface area (Å²) in [6.07, 6.45) is 7.99. The minimum absolute atomic E-state index is 0.242. The van der Waals surface area contributed by atoms with Crippen molar-refractivity contribution >= 4 is 16.7 Å². The van der Waals surface area contributed by atoms with E-state index in [1.54, 1.807) is 6.33 Å². The molecule has 2 aliphatic heterocycles. The molecule has 0 bridgehead atoms. The molecule has 1 spiro atoms. The van der Waals surface area contributed by atoms with Crippen LogP contribution in [0, 0.1) is 16.7 Å². The van der Waals surface area contributed by atoms with E-state index in [4.69, 9.17) is 4.74 Å². The Labute approximate surface area is 199 Å². The molecular weight excluding hydrogens is 426 g/mol. The van der Waals surface area contributed by atoms with Crippen molar-refractivity contribution in [2.24, 2.45) is 5.41 Å². The van der Waals surface area contributed by atoms with E-state index in [2.05, 4.69) is 56.1 Å². The van der Waals surface area contributed by atoms with Gasteiger partial charge in [-0.05, 0) is 49.7 Å². The fourth-order valence-corrected chi connectivity index (χ4v) is 6.45. The molecule has 0 amide bonds. The maximum absolute atomic E-state index is 9.98. The first-order valence-corrected chi connectivity index (χ1v) is 12.4. The van der Waals surface area contributed by atoms with E-state index in [1.165, 1.54) is 12.8 Å². The number of rotatable bonds is 4. The van der Waals surface area contributed by atoms with Crippen molar-refractivity contribution in [3.63, 3.8) is 0 Å². The van der Waals surface area contributed by atoms with Crippen molar-refractivity contribution in [3.8, 4) is 11.9 Å². The molecule has 3 atom stereocenters. The summed E-state index contributed by atoms with van der Waals surface area (Å²) < 4.78 is 7.51. The molecule has 1 aromatic carbocycles. The van der Waals surface area contributed by atoms with Gasteiger partial charge in [0.05, 0.1) is 29.8 Å². The monoisotopic (exact) mass is 455 g/mol. The number of aromatic nitrogens is 4. The molecule has 2 saturated heterocycles. The molecule has 2 aromatic heterocycles. The summed E-state index contributed by atoms with van der Waals surface area (Å²) in [6, 6.07) is 12.0. The molecule has 4 aliphatic rings. The summed E-state index contributed by atoms with van der Waals surface area (Å²) in [6.45, 7) is 6.91. The van der Waals surface area contributed by atoms with Gasteiger partial charge >= 0.3 is 0 Å². The number of nitriles is 1. The van der Waals surface area contributed by atoms with Crippen molar-refractivity contribution in [1.29, 1.82) is 5.26 Å². The van der Waals surface area contributed by atoms with Gasteiger partial charge in [0.25, 0.3) is 0 Å². The average molecular weight is 456 g/mol. The summed E-state index contributed by atoms with van der Waals surface area (Å²) >= 11 is 0. The Bertz CT molecular complexity index is 1300. The zero-order valence-electron chi connectivity index (χ0n) is 19.5. The first kappa shape index (κ1) is 20.4. The van der Waals surface area contributed by atoms with Crippen LogP contribution in [0.2, 0.25) is 0 Å². The summed E-state index contributed by atoms with van der Waals surface area (Å²) in [7, 11) is 0. The topological polar surface area (TPSA) is 83.1 Å². The van der Waals surface area contributed by atoms with Gasteiger partial charge in [0.15, 0.2) is 5.82 Å². The van der Waals surface area contributed by atoms with Crippen LogP contribution in [0.1, 0.15) is 38.2 Å². The smallest absolute Gasteiger partial charge is 0.159 e. The first-order valence-electron chi connectivity index (χ1n) is 12.4. The number of piperazine rings is 1. The van der Waals surface area contributed by atoms with E-state index in [0.717, 1.165) is 73.8 Å². The molecule has 0 N–H and O–H groups in total. The maximum atomic E-state index is 9.98. The highest BCUT2D eigenvalue weighted by molar-refractivity contribution is 5.82. The van der Waals surface area contributed by atoms with Crippen LogP contribution in [0.5, 0.6) is 0 Å². The summed E-state index contributed by atoms with van der Waals surface area (Å²) in [5.74, 6) is 1.70. The predicted octanol–water partition coefficient (Wildman–Crippen LogP) is 3.06. The molecule has 34 heavy (non-hydrogen) atoms. The average Bonchev–Trinajstić information content (AvgIpc) is 3.60. The molecular formula is C26H29N7O. The standard InChI is InChI=1S/C26H29N7O/c1-18-13-31(7-8-32(18)21-4-9-34-14-21)23-11-24(29-17-28-23)33-22-10-20(3-2-19(22)12-30-33)26(16-27)15-25(26)5-6-25/h2-3,10-12,17-18,21H,4-9,13-15H2,1H3/t18-,21+,26-/m0/s1. The van der Waals surface area contributed by atoms with Gasteiger partial charge in [-0.1, -0.05) is 12.1 Å². The zero-order chi connectivity index (χ0) is 22.9. The number of nitrogens with zero attached hydrogens (tertiary/aromatic N) is 7. The van der Waals surface area contributed by atoms with E-state index in [0.29, 0.717) is 12.1 Å². The van der Waals surface area contributed by atoms with Gasteiger partial charge < -0.3 is 9.64 Å². The second-order valence-electron chi connectivity index (χ2n) is 10.6. The quantitative estimate of drug-likeness (QED) is 0.598. The molecule has 4 fully saturated rings. The predicted molar refractivity (Wildman–Crippen MR) is 128 cm³/mol. The Balaban J connectivity index is 1.17. The van der Waals surface area contributed by atoms with E-state index in [1.807, 2.05) is 16.9 Å². The van der Waals surface area contributed by atoms with Crippen LogP contribution in [0.15, 0.2) is 36.8 Å². The number of ether oxygens (including phenoxy) is 1. The van der Waals surface area contributed by atoms with Crippen LogP contribution in [0.25, 0.3) is 16.7 Å². The fraction of sp³-hybridized carbons (Fsp3) is 0.538. The summed E-state index contributed by atoms with van der Waals surface area (Å²) in [4.78, 5) is 14.1. The molecule has 2 aliphatic carbocycles. The maximum Gasteiger partial charge on any atom is 0.159 e. The second-order valence-corrected chi connectivity index (χ2v) is 10.6. The van der Waals surface area contributed by atoms with Gasteiger partial charge in [-0.2, -0.15) is 10.4 Å². The van der Waals surface area contributed by atoms with E-state index >= 15 is 0 Å². The van der Waals surface area contributed by atoms with Crippen LogP contribution in [0.3, 0.4) is 0 Å². The van der Waals surface area contributed by atoms with Crippen LogP contribution in [-0.2, 0) is 10.2 Å². The SMILES string of the molecule is C[C@H]1CN(c2cc(-n3ncc4ccc([C@@]5(C#N)CC56CC6)cc43)ncn2)CCN1[C@@H]1CCOC1. The molecule has 4 heterocycles. The van der Waals surface area contributed by atoms with Gasteiger partial charge in [0.2, 0.25) is 0 Å². The third kappa shape index (κ3) is 2.93. The Kier molecular flexibility index (Phi) is 4.33. The highest BCUT2D eigenvalue weighted by atomic mass is 16.5. The van der Waals surface area contributed by atoms with Crippen molar-refractivity contribution in [1.82, 2.24) is 24.6 Å². The molecule has 8 heteroatoms. The minimum atomic E-state index is -0.312. The van der Waals surface area contributed by atoms with E-state index in [-0.39, 0.29) is 10.8 Å². The van der Waals surface area contributed by atoms with E-state index in [9.17, 15) is 5.26 Å². The molecule has 3 aromatic rings. The Hall–Kier alpha value is -3.02. The second kappa shape index (κ2) is 7.24. The number of fused-ring (bicyclic) bond motifs is 1. The Morgan fingerprint density at radius 1 is 1.15 bits per heavy atom. The minimum Gasteiger partial charge on any atom is -0.380 e.